The number of hydrazine groups is 1. The first-order chi connectivity index (χ1) is 13.8. The Hall–Kier alpha value is -3.75. The Morgan fingerprint density at radius 1 is 0.966 bits per heavy atom. The van der Waals surface area contributed by atoms with Gasteiger partial charge in [-0.1, -0.05) is 24.3 Å². The van der Waals surface area contributed by atoms with Gasteiger partial charge in [0, 0.05) is 24.5 Å². The topological polar surface area (TPSA) is 128 Å². The minimum Gasteiger partial charge on any atom is -0.477 e. The van der Waals surface area contributed by atoms with Gasteiger partial charge in [0.05, 0.1) is 4.92 Å². The second kappa shape index (κ2) is 9.98. The highest BCUT2D eigenvalue weighted by molar-refractivity contribution is 5.98. The molecule has 2 amide bonds. The quantitative estimate of drug-likeness (QED) is 0.399. The van der Waals surface area contributed by atoms with E-state index < -0.39 is 23.3 Å². The zero-order valence-corrected chi connectivity index (χ0v) is 16.1. The van der Waals surface area contributed by atoms with Crippen molar-refractivity contribution in [2.24, 2.45) is 0 Å². The van der Waals surface area contributed by atoms with E-state index in [0.29, 0.717) is 5.56 Å². The molecule has 152 valence electrons. The number of nitrogens with zero attached hydrogens (tertiary/aromatic N) is 1. The number of hydrogen-bond donors (Lipinski definition) is 2. The van der Waals surface area contributed by atoms with Crippen molar-refractivity contribution in [3.05, 3.63) is 69.3 Å². The summed E-state index contributed by atoms with van der Waals surface area (Å²) in [6.45, 7) is 3.33. The Bertz CT molecular complexity index is 942. The minimum absolute atomic E-state index is 0.00306. The predicted molar refractivity (Wildman–Crippen MR) is 104 cm³/mol. The van der Waals surface area contributed by atoms with Crippen LogP contribution in [0.25, 0.3) is 0 Å². The van der Waals surface area contributed by atoms with Gasteiger partial charge in [0.2, 0.25) is 5.91 Å². The summed E-state index contributed by atoms with van der Waals surface area (Å²) in [4.78, 5) is 46.0. The lowest BCUT2D eigenvalue weighted by Crippen LogP contribution is -2.43. The lowest BCUT2D eigenvalue weighted by molar-refractivity contribution is -0.385. The van der Waals surface area contributed by atoms with Crippen molar-refractivity contribution in [1.29, 1.82) is 0 Å². The Morgan fingerprint density at radius 3 is 2.34 bits per heavy atom. The Kier molecular flexibility index (Phi) is 7.41. The van der Waals surface area contributed by atoms with Gasteiger partial charge in [-0.2, -0.15) is 0 Å². The zero-order chi connectivity index (χ0) is 21.4. The Morgan fingerprint density at radius 2 is 1.66 bits per heavy atom. The summed E-state index contributed by atoms with van der Waals surface area (Å²) >= 11 is 0. The molecule has 0 aliphatic carbocycles. The van der Waals surface area contributed by atoms with Crippen molar-refractivity contribution in [2.45, 2.75) is 26.7 Å². The molecule has 2 aromatic carbocycles. The maximum absolute atomic E-state index is 12.2. The van der Waals surface area contributed by atoms with Crippen LogP contribution in [-0.4, -0.2) is 29.1 Å². The number of amides is 2. The number of carbonyl (C=O) groups is 3. The monoisotopic (exact) mass is 399 g/mol. The van der Waals surface area contributed by atoms with Crippen molar-refractivity contribution in [1.82, 2.24) is 10.9 Å². The maximum Gasteiger partial charge on any atom is 0.310 e. The summed E-state index contributed by atoms with van der Waals surface area (Å²) in [6.07, 6.45) is -0.103. The van der Waals surface area contributed by atoms with Crippen LogP contribution >= 0.6 is 0 Å². The fourth-order valence-corrected chi connectivity index (χ4v) is 2.40. The first kappa shape index (κ1) is 21.5. The highest BCUT2D eigenvalue weighted by Gasteiger charge is 2.15. The lowest BCUT2D eigenvalue weighted by atomic mass is 10.0. The predicted octanol–water partition coefficient (Wildman–Crippen LogP) is 2.40. The van der Waals surface area contributed by atoms with Gasteiger partial charge in [-0.3, -0.25) is 35.3 Å². The Balaban J connectivity index is 1.74. The van der Waals surface area contributed by atoms with Crippen LogP contribution in [0.3, 0.4) is 0 Å². The van der Waals surface area contributed by atoms with E-state index in [-0.39, 0.29) is 30.1 Å². The van der Waals surface area contributed by atoms with Crippen molar-refractivity contribution in [2.75, 3.05) is 6.61 Å². The van der Waals surface area contributed by atoms with Gasteiger partial charge in [-0.05, 0) is 37.1 Å². The van der Waals surface area contributed by atoms with Crippen LogP contribution in [0, 0.1) is 24.0 Å². The van der Waals surface area contributed by atoms with E-state index in [2.05, 4.69) is 10.9 Å². The molecule has 0 bridgehead atoms. The first-order valence-corrected chi connectivity index (χ1v) is 8.82. The van der Waals surface area contributed by atoms with Crippen LogP contribution < -0.4 is 15.6 Å². The molecule has 0 radical (unpaired) electrons. The molecule has 0 saturated carbocycles. The molecule has 29 heavy (non-hydrogen) atoms. The number of rotatable bonds is 8. The molecule has 0 saturated heterocycles. The van der Waals surface area contributed by atoms with E-state index >= 15 is 0 Å². The lowest BCUT2D eigenvalue weighted by Gasteiger charge is -2.09. The van der Waals surface area contributed by atoms with Gasteiger partial charge in [0.15, 0.2) is 18.1 Å². The highest BCUT2D eigenvalue weighted by Crippen LogP contribution is 2.25. The second-order valence-corrected chi connectivity index (χ2v) is 6.33. The highest BCUT2D eigenvalue weighted by atomic mass is 16.6. The summed E-state index contributed by atoms with van der Waals surface area (Å²) in [5.41, 5.74) is 6.64. The smallest absolute Gasteiger partial charge is 0.310 e. The van der Waals surface area contributed by atoms with E-state index in [1.165, 1.54) is 24.3 Å². The normalized spacial score (nSPS) is 10.1. The summed E-state index contributed by atoms with van der Waals surface area (Å²) in [5.74, 6) is -1.47. The number of nitro groups is 1. The summed E-state index contributed by atoms with van der Waals surface area (Å²) in [7, 11) is 0. The summed E-state index contributed by atoms with van der Waals surface area (Å²) in [6, 6.07) is 11.0. The molecule has 0 aliphatic heterocycles. The van der Waals surface area contributed by atoms with Crippen LogP contribution in [0.5, 0.6) is 5.75 Å². The van der Waals surface area contributed by atoms with Gasteiger partial charge >= 0.3 is 5.69 Å². The second-order valence-electron chi connectivity index (χ2n) is 6.33. The number of para-hydroxylation sites is 2. The number of carbonyl (C=O) groups excluding carboxylic acids is 3. The van der Waals surface area contributed by atoms with E-state index in [1.54, 1.807) is 12.1 Å². The van der Waals surface area contributed by atoms with Gasteiger partial charge in [-0.15, -0.1) is 0 Å². The molecule has 9 nitrogen and oxygen atoms in total. The molecule has 0 atom stereocenters. The molecule has 0 spiro atoms. The fourth-order valence-electron chi connectivity index (χ4n) is 2.40. The zero-order valence-electron chi connectivity index (χ0n) is 16.1. The van der Waals surface area contributed by atoms with Crippen molar-refractivity contribution < 1.29 is 24.0 Å². The van der Waals surface area contributed by atoms with Crippen molar-refractivity contribution in [3.63, 3.8) is 0 Å². The van der Waals surface area contributed by atoms with Gasteiger partial charge in [-0.25, -0.2) is 0 Å². The number of benzene rings is 2. The van der Waals surface area contributed by atoms with Crippen LogP contribution in [0.1, 0.15) is 34.3 Å². The molecule has 0 aliphatic rings. The molecule has 0 heterocycles. The molecule has 9 heteroatoms. The average molecular weight is 399 g/mol. The molecule has 2 aromatic rings. The molecule has 0 fully saturated rings. The molecule has 0 aromatic heterocycles. The van der Waals surface area contributed by atoms with Crippen LogP contribution in [0.4, 0.5) is 5.69 Å². The molecular formula is C20H21N3O6. The number of aryl methyl sites for hydroxylation is 2. The van der Waals surface area contributed by atoms with Crippen molar-refractivity contribution >= 4 is 23.3 Å². The van der Waals surface area contributed by atoms with E-state index in [4.69, 9.17) is 4.74 Å². The first-order valence-electron chi connectivity index (χ1n) is 8.82. The number of ether oxygens (including phenoxy) is 1. The Labute approximate surface area is 167 Å². The number of Topliss-reactive ketones (excluding diaryl/α,β-unsaturated/α-hetero) is 1. The molecule has 2 rings (SSSR count). The van der Waals surface area contributed by atoms with Crippen LogP contribution in [-0.2, 0) is 9.59 Å². The SMILES string of the molecule is Cc1ccc(C(=O)CCC(=O)NNC(=O)COc2ccccc2[N+](=O)[O-])cc1C. The third kappa shape index (κ3) is 6.42. The molecule has 2 N–H and O–H groups in total. The van der Waals surface area contributed by atoms with Gasteiger partial charge in [0.25, 0.3) is 5.91 Å². The molecule has 0 unspecified atom stereocenters. The molecular weight excluding hydrogens is 378 g/mol. The standard InChI is InChI=1S/C20H21N3O6/c1-13-7-8-15(11-14(13)2)17(24)9-10-19(25)21-22-20(26)12-29-18-6-4-3-5-16(18)23(27)28/h3-8,11H,9-10,12H2,1-2H3,(H,21,25)(H,22,26). The van der Waals surface area contributed by atoms with Crippen molar-refractivity contribution in [3.8, 4) is 5.75 Å². The van der Waals surface area contributed by atoms with E-state index in [9.17, 15) is 24.5 Å². The summed E-state index contributed by atoms with van der Waals surface area (Å²) in [5, 5.41) is 10.9. The van der Waals surface area contributed by atoms with E-state index in [1.807, 2.05) is 19.9 Å². The fraction of sp³-hybridized carbons (Fsp3) is 0.250. The third-order valence-corrected chi connectivity index (χ3v) is 4.17. The number of ketones is 1. The number of nitro benzene ring substituents is 1. The average Bonchev–Trinajstić information content (AvgIpc) is 2.70. The number of nitrogens with one attached hydrogen (secondary N) is 2. The van der Waals surface area contributed by atoms with E-state index in [0.717, 1.165) is 11.1 Å². The summed E-state index contributed by atoms with van der Waals surface area (Å²) < 4.78 is 5.11. The number of hydrogen-bond acceptors (Lipinski definition) is 6. The van der Waals surface area contributed by atoms with Crippen LogP contribution in [0.2, 0.25) is 0 Å². The third-order valence-electron chi connectivity index (χ3n) is 4.17. The largest absolute Gasteiger partial charge is 0.477 e. The minimum atomic E-state index is -0.697. The van der Waals surface area contributed by atoms with Gasteiger partial charge < -0.3 is 4.74 Å². The van der Waals surface area contributed by atoms with Gasteiger partial charge in [0.1, 0.15) is 0 Å². The maximum atomic E-state index is 12.2. The van der Waals surface area contributed by atoms with Crippen LogP contribution in [0.15, 0.2) is 42.5 Å².